The van der Waals surface area contributed by atoms with Gasteiger partial charge in [-0.05, 0) is 68.1 Å². The highest BCUT2D eigenvalue weighted by atomic mass is 32.2. The zero-order valence-corrected chi connectivity index (χ0v) is 20.7. The number of carbonyl (C=O) groups excluding carboxylic acids is 1. The van der Waals surface area contributed by atoms with Gasteiger partial charge in [-0.15, -0.1) is 0 Å². The summed E-state index contributed by atoms with van der Waals surface area (Å²) in [6, 6.07) is 10.8. The molecular weight excluding hydrogens is 456 g/mol. The monoisotopic (exact) mass is 484 g/mol. The molecule has 0 bridgehead atoms. The van der Waals surface area contributed by atoms with Crippen molar-refractivity contribution in [3.05, 3.63) is 53.1 Å². The van der Waals surface area contributed by atoms with Crippen LogP contribution >= 0.6 is 11.3 Å². The fourth-order valence-corrected chi connectivity index (χ4v) is 6.84. The van der Waals surface area contributed by atoms with Gasteiger partial charge in [0.1, 0.15) is 0 Å². The number of hydrogen-bond donors (Lipinski definition) is 0. The van der Waals surface area contributed by atoms with Crippen LogP contribution in [0.25, 0.3) is 10.2 Å². The first kappa shape index (κ1) is 22.3. The Bertz CT molecular complexity index is 1310. The smallest absolute Gasteiger partial charge is 0.253 e. The Kier molecular flexibility index (Phi) is 5.66. The van der Waals surface area contributed by atoms with Gasteiger partial charge in [-0.3, -0.25) is 4.79 Å². The summed E-state index contributed by atoms with van der Waals surface area (Å²) in [5.74, 6) is -0.0649. The molecule has 0 spiro atoms. The summed E-state index contributed by atoms with van der Waals surface area (Å²) in [4.78, 5) is 22.2. The summed E-state index contributed by atoms with van der Waals surface area (Å²) in [5.41, 5.74) is 4.01. The molecule has 0 atom stereocenters. The number of benzene rings is 2. The van der Waals surface area contributed by atoms with E-state index in [0.29, 0.717) is 18.7 Å². The highest BCUT2D eigenvalue weighted by Gasteiger charge is 2.35. The summed E-state index contributed by atoms with van der Waals surface area (Å²) < 4.78 is 28.0. The maximum absolute atomic E-state index is 13.0. The fourth-order valence-electron chi connectivity index (χ4n) is 4.35. The summed E-state index contributed by atoms with van der Waals surface area (Å²) >= 11 is 1.71. The van der Waals surface area contributed by atoms with E-state index in [2.05, 4.69) is 30.9 Å². The normalized spacial score (nSPS) is 17.2. The predicted molar refractivity (Wildman–Crippen MR) is 132 cm³/mol. The molecule has 1 aromatic heterocycles. The van der Waals surface area contributed by atoms with Crippen molar-refractivity contribution in [1.29, 1.82) is 0 Å². The number of amides is 1. The minimum atomic E-state index is -3.50. The molecule has 9 heteroatoms. The number of rotatable bonds is 5. The molecule has 1 amide bonds. The maximum Gasteiger partial charge on any atom is 0.253 e. The van der Waals surface area contributed by atoms with Gasteiger partial charge in [0.2, 0.25) is 10.0 Å². The number of hydrogen-bond acceptors (Lipinski definition) is 6. The van der Waals surface area contributed by atoms with Gasteiger partial charge in [0.15, 0.2) is 5.13 Å². The van der Waals surface area contributed by atoms with E-state index in [1.807, 2.05) is 4.90 Å². The molecule has 0 unspecified atom stereocenters. The minimum Gasteiger partial charge on any atom is -0.345 e. The molecule has 1 aliphatic carbocycles. The topological polar surface area (TPSA) is 73.8 Å². The van der Waals surface area contributed by atoms with E-state index in [0.717, 1.165) is 36.6 Å². The van der Waals surface area contributed by atoms with Gasteiger partial charge in [-0.2, -0.15) is 4.31 Å². The van der Waals surface area contributed by atoms with Crippen LogP contribution in [0.1, 0.15) is 34.3 Å². The first-order valence-corrected chi connectivity index (χ1v) is 13.5. The average molecular weight is 485 g/mol. The van der Waals surface area contributed by atoms with E-state index in [1.165, 1.54) is 20.1 Å². The van der Waals surface area contributed by atoms with Crippen molar-refractivity contribution in [3.8, 4) is 0 Å². The Morgan fingerprint density at radius 2 is 1.73 bits per heavy atom. The van der Waals surface area contributed by atoms with Gasteiger partial charge >= 0.3 is 0 Å². The Balaban J connectivity index is 1.25. The lowest BCUT2D eigenvalue weighted by Gasteiger charge is -2.34. The number of carbonyl (C=O) groups is 1. The van der Waals surface area contributed by atoms with Crippen LogP contribution in [0, 0.1) is 13.8 Å². The second-order valence-electron chi connectivity index (χ2n) is 8.98. The largest absolute Gasteiger partial charge is 0.345 e. The average Bonchev–Trinajstić information content (AvgIpc) is 3.57. The number of sulfonamides is 1. The third kappa shape index (κ3) is 4.25. The van der Waals surface area contributed by atoms with Gasteiger partial charge in [-0.25, -0.2) is 13.4 Å². The second kappa shape index (κ2) is 8.38. The summed E-state index contributed by atoms with van der Waals surface area (Å²) in [6.07, 6.45) is 1.82. The highest BCUT2D eigenvalue weighted by Crippen LogP contribution is 2.33. The van der Waals surface area contributed by atoms with Crippen molar-refractivity contribution in [3.63, 3.8) is 0 Å². The molecule has 174 valence electrons. The van der Waals surface area contributed by atoms with Crippen LogP contribution in [0.3, 0.4) is 0 Å². The SMILES string of the molecule is Cc1cc(C)c2sc(N3CCN(C(=O)c4ccc(S(=O)(=O)N(C)C5CC5)cc4)CC3)nc2c1. The Morgan fingerprint density at radius 3 is 2.36 bits per heavy atom. The lowest BCUT2D eigenvalue weighted by atomic mass is 10.1. The zero-order chi connectivity index (χ0) is 23.3. The summed E-state index contributed by atoms with van der Waals surface area (Å²) in [7, 11) is -1.88. The van der Waals surface area contributed by atoms with Crippen LogP contribution < -0.4 is 4.90 Å². The van der Waals surface area contributed by atoms with Gasteiger partial charge in [0.25, 0.3) is 5.91 Å². The van der Waals surface area contributed by atoms with Crippen molar-refractivity contribution in [2.45, 2.75) is 37.6 Å². The van der Waals surface area contributed by atoms with Crippen LogP contribution in [0.2, 0.25) is 0 Å². The summed E-state index contributed by atoms with van der Waals surface area (Å²) in [6.45, 7) is 6.87. The molecule has 0 N–H and O–H groups in total. The lowest BCUT2D eigenvalue weighted by molar-refractivity contribution is 0.0746. The molecule has 33 heavy (non-hydrogen) atoms. The first-order valence-electron chi connectivity index (χ1n) is 11.2. The van der Waals surface area contributed by atoms with Crippen molar-refractivity contribution in [2.75, 3.05) is 38.1 Å². The predicted octanol–water partition coefficient (Wildman–Crippen LogP) is 3.66. The number of aromatic nitrogens is 1. The van der Waals surface area contributed by atoms with Crippen LogP contribution in [-0.4, -0.2) is 67.8 Å². The van der Waals surface area contributed by atoms with Crippen molar-refractivity contribution < 1.29 is 13.2 Å². The maximum atomic E-state index is 13.0. The molecule has 2 heterocycles. The molecule has 3 aromatic rings. The van der Waals surface area contributed by atoms with E-state index >= 15 is 0 Å². The van der Waals surface area contributed by atoms with Gasteiger partial charge in [0.05, 0.1) is 15.1 Å². The Hall–Kier alpha value is -2.49. The third-order valence-corrected chi connectivity index (χ3v) is 9.68. The van der Waals surface area contributed by atoms with Gasteiger partial charge < -0.3 is 9.80 Å². The number of nitrogens with zero attached hydrogens (tertiary/aromatic N) is 4. The molecule has 1 saturated carbocycles. The number of anilines is 1. The Labute approximate surface area is 198 Å². The summed E-state index contributed by atoms with van der Waals surface area (Å²) in [5, 5.41) is 1.00. The van der Waals surface area contributed by atoms with Crippen LogP contribution in [0.4, 0.5) is 5.13 Å². The van der Waals surface area contributed by atoms with E-state index in [1.54, 1.807) is 42.6 Å². The van der Waals surface area contributed by atoms with Gasteiger partial charge in [0, 0.05) is 44.8 Å². The van der Waals surface area contributed by atoms with E-state index in [9.17, 15) is 13.2 Å². The van der Waals surface area contributed by atoms with E-state index < -0.39 is 10.0 Å². The molecule has 2 fully saturated rings. The molecular formula is C24H28N4O3S2. The van der Waals surface area contributed by atoms with Crippen LogP contribution in [0.15, 0.2) is 41.3 Å². The van der Waals surface area contributed by atoms with E-state index in [-0.39, 0.29) is 16.8 Å². The molecule has 0 radical (unpaired) electrons. The lowest BCUT2D eigenvalue weighted by Crippen LogP contribution is -2.48. The molecule has 7 nitrogen and oxygen atoms in total. The highest BCUT2D eigenvalue weighted by molar-refractivity contribution is 7.89. The quantitative estimate of drug-likeness (QED) is 0.553. The molecule has 5 rings (SSSR count). The molecule has 1 aliphatic heterocycles. The number of fused-ring (bicyclic) bond motifs is 1. The van der Waals surface area contributed by atoms with Crippen molar-refractivity contribution in [2.24, 2.45) is 0 Å². The van der Waals surface area contributed by atoms with E-state index in [4.69, 9.17) is 4.98 Å². The molecule has 2 aromatic carbocycles. The van der Waals surface area contributed by atoms with Crippen LogP contribution in [-0.2, 0) is 10.0 Å². The zero-order valence-electron chi connectivity index (χ0n) is 19.1. The number of thiazole rings is 1. The Morgan fingerprint density at radius 1 is 1.06 bits per heavy atom. The standard InChI is InChI=1S/C24H28N4O3S2/c1-16-14-17(2)22-21(15-16)25-24(32-22)28-12-10-27(11-13-28)23(29)18-4-8-20(9-5-18)33(30,31)26(3)19-6-7-19/h4-5,8-9,14-15,19H,6-7,10-13H2,1-3H3. The first-order chi connectivity index (χ1) is 15.7. The van der Waals surface area contributed by atoms with Crippen molar-refractivity contribution in [1.82, 2.24) is 14.2 Å². The third-order valence-electron chi connectivity index (χ3n) is 6.49. The fraction of sp³-hybridized carbons (Fsp3) is 0.417. The molecule has 1 saturated heterocycles. The molecule has 2 aliphatic rings. The minimum absolute atomic E-state index is 0.0649. The van der Waals surface area contributed by atoms with Crippen molar-refractivity contribution >= 4 is 42.6 Å². The number of piperazine rings is 1. The number of aryl methyl sites for hydroxylation is 2. The second-order valence-corrected chi connectivity index (χ2v) is 12.0. The van der Waals surface area contributed by atoms with Crippen LogP contribution in [0.5, 0.6) is 0 Å². The van der Waals surface area contributed by atoms with Gasteiger partial charge in [-0.1, -0.05) is 17.4 Å².